The molecule has 0 atom stereocenters. The van der Waals surface area contributed by atoms with Gasteiger partial charge >= 0.3 is 0 Å². The minimum Gasteiger partial charge on any atom is -0.497 e. The molecule has 3 aromatic rings. The molecule has 0 aliphatic carbocycles. The van der Waals surface area contributed by atoms with Crippen molar-refractivity contribution in [1.82, 2.24) is 0 Å². The monoisotopic (exact) mass is 426 g/mol. The molecular weight excluding hydrogens is 404 g/mol. The summed E-state index contributed by atoms with van der Waals surface area (Å²) >= 11 is 0. The van der Waals surface area contributed by atoms with Crippen LogP contribution in [0, 0.1) is 0 Å². The topological polar surface area (TPSA) is 93.7 Å². The van der Waals surface area contributed by atoms with Gasteiger partial charge in [-0.2, -0.15) is 0 Å². The second-order valence-electron chi connectivity index (χ2n) is 6.40. The van der Waals surface area contributed by atoms with Gasteiger partial charge in [0.05, 0.1) is 31.2 Å². The van der Waals surface area contributed by atoms with E-state index in [1.807, 2.05) is 12.1 Å². The molecule has 3 aromatic carbocycles. The maximum absolute atomic E-state index is 12.6. The number of benzene rings is 3. The molecule has 0 saturated carbocycles. The summed E-state index contributed by atoms with van der Waals surface area (Å²) in [5.74, 6) is 0.934. The summed E-state index contributed by atoms with van der Waals surface area (Å²) in [5, 5.41) is 2.76. The Morgan fingerprint density at radius 2 is 1.53 bits per heavy atom. The molecule has 0 aromatic heterocycles. The Hall–Kier alpha value is -3.52. The number of amides is 1. The lowest BCUT2D eigenvalue weighted by Gasteiger charge is -2.12. The van der Waals surface area contributed by atoms with E-state index in [0.29, 0.717) is 17.1 Å². The van der Waals surface area contributed by atoms with E-state index in [4.69, 9.17) is 9.47 Å². The SMILES string of the molecule is COc1ccc(CC(=O)Nc2ccc(S(=O)(=O)Nc3ccccc3OC)cc2)cc1. The van der Waals surface area contributed by atoms with Gasteiger partial charge in [-0.1, -0.05) is 24.3 Å². The van der Waals surface area contributed by atoms with Crippen molar-refractivity contribution in [3.63, 3.8) is 0 Å². The number of hydrogen-bond acceptors (Lipinski definition) is 5. The van der Waals surface area contributed by atoms with Crippen molar-refractivity contribution in [2.75, 3.05) is 24.3 Å². The van der Waals surface area contributed by atoms with Crippen LogP contribution >= 0.6 is 0 Å². The molecular formula is C22H22N2O5S. The average molecular weight is 426 g/mol. The second kappa shape index (κ2) is 9.32. The number of sulfonamides is 1. The minimum atomic E-state index is -3.80. The fraction of sp³-hybridized carbons (Fsp3) is 0.136. The largest absolute Gasteiger partial charge is 0.497 e. The zero-order chi connectivity index (χ0) is 21.6. The zero-order valence-corrected chi connectivity index (χ0v) is 17.4. The van der Waals surface area contributed by atoms with Crippen LogP contribution < -0.4 is 19.5 Å². The first kappa shape index (κ1) is 21.2. The fourth-order valence-corrected chi connectivity index (χ4v) is 3.85. The molecule has 30 heavy (non-hydrogen) atoms. The lowest BCUT2D eigenvalue weighted by atomic mass is 10.1. The van der Waals surface area contributed by atoms with E-state index in [1.165, 1.54) is 19.2 Å². The summed E-state index contributed by atoms with van der Waals surface area (Å²) in [4.78, 5) is 12.3. The van der Waals surface area contributed by atoms with Crippen molar-refractivity contribution in [2.45, 2.75) is 11.3 Å². The van der Waals surface area contributed by atoms with Crippen LogP contribution in [0.3, 0.4) is 0 Å². The second-order valence-corrected chi connectivity index (χ2v) is 8.09. The number of carbonyl (C=O) groups is 1. The number of hydrogen-bond donors (Lipinski definition) is 2. The molecule has 3 rings (SSSR count). The summed E-state index contributed by atoms with van der Waals surface area (Å²) in [6, 6.07) is 19.9. The lowest BCUT2D eigenvalue weighted by Crippen LogP contribution is -2.15. The quantitative estimate of drug-likeness (QED) is 0.573. The van der Waals surface area contributed by atoms with Crippen LogP contribution in [0.2, 0.25) is 0 Å². The molecule has 0 radical (unpaired) electrons. The standard InChI is InChI=1S/C22H22N2O5S/c1-28-18-11-7-16(8-12-18)15-22(25)23-17-9-13-19(14-10-17)30(26,27)24-20-5-3-4-6-21(20)29-2/h3-14,24H,15H2,1-2H3,(H,23,25). The Morgan fingerprint density at radius 1 is 0.867 bits per heavy atom. The Morgan fingerprint density at radius 3 is 2.17 bits per heavy atom. The van der Waals surface area contributed by atoms with Gasteiger partial charge in [0.25, 0.3) is 10.0 Å². The molecule has 2 N–H and O–H groups in total. The van der Waals surface area contributed by atoms with Gasteiger partial charge in [-0.3, -0.25) is 9.52 Å². The number of para-hydroxylation sites is 2. The molecule has 0 unspecified atom stereocenters. The highest BCUT2D eigenvalue weighted by atomic mass is 32.2. The van der Waals surface area contributed by atoms with Gasteiger partial charge in [-0.25, -0.2) is 8.42 Å². The molecule has 8 heteroatoms. The van der Waals surface area contributed by atoms with Crippen molar-refractivity contribution in [1.29, 1.82) is 0 Å². The van der Waals surface area contributed by atoms with Crippen LogP contribution in [0.1, 0.15) is 5.56 Å². The molecule has 7 nitrogen and oxygen atoms in total. The third kappa shape index (κ3) is 5.30. The third-order valence-corrected chi connectivity index (χ3v) is 5.70. The van der Waals surface area contributed by atoms with E-state index in [9.17, 15) is 13.2 Å². The predicted octanol–water partition coefficient (Wildman–Crippen LogP) is 3.69. The van der Waals surface area contributed by atoms with Crippen LogP contribution in [0.15, 0.2) is 77.7 Å². The Balaban J connectivity index is 1.65. The first-order chi connectivity index (χ1) is 14.4. The summed E-state index contributed by atoms with van der Waals surface area (Å²) in [6.07, 6.45) is 0.194. The van der Waals surface area contributed by atoms with Crippen molar-refractivity contribution in [3.8, 4) is 11.5 Å². The van der Waals surface area contributed by atoms with Crippen LogP contribution in [-0.2, 0) is 21.2 Å². The summed E-state index contributed by atoms with van der Waals surface area (Å²) in [5.41, 5.74) is 1.69. The van der Waals surface area contributed by atoms with E-state index in [2.05, 4.69) is 10.0 Å². The zero-order valence-electron chi connectivity index (χ0n) is 16.6. The van der Waals surface area contributed by atoms with E-state index < -0.39 is 10.0 Å². The molecule has 0 fully saturated rings. The van der Waals surface area contributed by atoms with Gasteiger partial charge in [0.15, 0.2) is 0 Å². The van der Waals surface area contributed by atoms with E-state index in [1.54, 1.807) is 55.6 Å². The highest BCUT2D eigenvalue weighted by molar-refractivity contribution is 7.92. The smallest absolute Gasteiger partial charge is 0.262 e. The first-order valence-corrected chi connectivity index (χ1v) is 10.6. The van der Waals surface area contributed by atoms with Gasteiger partial charge in [0.2, 0.25) is 5.91 Å². The number of methoxy groups -OCH3 is 2. The third-order valence-electron chi connectivity index (χ3n) is 4.32. The van der Waals surface area contributed by atoms with Gasteiger partial charge in [-0.15, -0.1) is 0 Å². The Bertz CT molecular complexity index is 1110. The van der Waals surface area contributed by atoms with Crippen molar-refractivity contribution >= 4 is 27.3 Å². The van der Waals surface area contributed by atoms with Gasteiger partial charge in [0, 0.05) is 5.69 Å². The van der Waals surface area contributed by atoms with E-state index in [-0.39, 0.29) is 17.2 Å². The lowest BCUT2D eigenvalue weighted by molar-refractivity contribution is -0.115. The highest BCUT2D eigenvalue weighted by Crippen LogP contribution is 2.26. The number of carbonyl (C=O) groups excluding carboxylic acids is 1. The fourth-order valence-electron chi connectivity index (χ4n) is 2.78. The number of ether oxygens (including phenoxy) is 2. The van der Waals surface area contributed by atoms with Crippen LogP contribution in [0.25, 0.3) is 0 Å². The molecule has 0 bridgehead atoms. The average Bonchev–Trinajstić information content (AvgIpc) is 2.75. The minimum absolute atomic E-state index is 0.0709. The Labute approximate surface area is 175 Å². The molecule has 0 aliphatic heterocycles. The predicted molar refractivity (Wildman–Crippen MR) is 116 cm³/mol. The Kier molecular flexibility index (Phi) is 6.58. The summed E-state index contributed by atoms with van der Waals surface area (Å²) in [6.45, 7) is 0. The number of nitrogens with one attached hydrogen (secondary N) is 2. The first-order valence-electron chi connectivity index (χ1n) is 9.10. The number of anilines is 2. The molecule has 0 heterocycles. The van der Waals surface area contributed by atoms with Gasteiger partial charge in [-0.05, 0) is 54.1 Å². The van der Waals surface area contributed by atoms with Crippen molar-refractivity contribution in [3.05, 3.63) is 78.4 Å². The van der Waals surface area contributed by atoms with Crippen LogP contribution in [0.5, 0.6) is 11.5 Å². The molecule has 156 valence electrons. The normalized spacial score (nSPS) is 10.9. The highest BCUT2D eigenvalue weighted by Gasteiger charge is 2.16. The van der Waals surface area contributed by atoms with Crippen LogP contribution in [-0.4, -0.2) is 28.5 Å². The summed E-state index contributed by atoms with van der Waals surface area (Å²) in [7, 11) is -0.751. The molecule has 1 amide bonds. The maximum Gasteiger partial charge on any atom is 0.262 e. The molecule has 0 spiro atoms. The molecule has 0 saturated heterocycles. The maximum atomic E-state index is 12.6. The van der Waals surface area contributed by atoms with Gasteiger partial charge in [0.1, 0.15) is 11.5 Å². The number of rotatable bonds is 8. The van der Waals surface area contributed by atoms with E-state index >= 15 is 0 Å². The van der Waals surface area contributed by atoms with E-state index in [0.717, 1.165) is 11.3 Å². The van der Waals surface area contributed by atoms with Gasteiger partial charge < -0.3 is 14.8 Å². The van der Waals surface area contributed by atoms with Crippen molar-refractivity contribution < 1.29 is 22.7 Å². The van der Waals surface area contributed by atoms with Crippen molar-refractivity contribution in [2.24, 2.45) is 0 Å². The van der Waals surface area contributed by atoms with Crippen LogP contribution in [0.4, 0.5) is 11.4 Å². The summed E-state index contributed by atoms with van der Waals surface area (Å²) < 4.78 is 38.0. The molecule has 0 aliphatic rings.